The number of piperidine rings is 3. The number of urea groups is 1. The van der Waals surface area contributed by atoms with Crippen LogP contribution in [0.2, 0.25) is 0 Å². The van der Waals surface area contributed by atoms with E-state index in [0.717, 1.165) is 67.5 Å². The van der Waals surface area contributed by atoms with Gasteiger partial charge in [0.25, 0.3) is 0 Å². The maximum Gasteiger partial charge on any atom is 0.321 e. The molecule has 8 atom stereocenters. The molecule has 5 N–H and O–H groups in total. The Morgan fingerprint density at radius 2 is 1.84 bits per heavy atom. The fourth-order valence-corrected chi connectivity index (χ4v) is 12.7. The van der Waals surface area contributed by atoms with Crippen LogP contribution in [0.25, 0.3) is 0 Å². The minimum atomic E-state index is -2.56. The summed E-state index contributed by atoms with van der Waals surface area (Å²) < 4.78 is 29.9. The van der Waals surface area contributed by atoms with E-state index < -0.39 is 40.3 Å². The maximum atomic E-state index is 15.2. The zero-order valence-electron chi connectivity index (χ0n) is 40.9. The van der Waals surface area contributed by atoms with Crippen LogP contribution in [0.15, 0.2) is 58.6 Å². The Morgan fingerprint density at radius 3 is 2.53 bits per heavy atom. The molecule has 68 heavy (non-hydrogen) atoms. The molecule has 2 aliphatic carbocycles. The van der Waals surface area contributed by atoms with Crippen LogP contribution >= 0.6 is 0 Å². The van der Waals surface area contributed by atoms with Crippen molar-refractivity contribution < 1.29 is 32.6 Å². The lowest BCUT2D eigenvalue weighted by molar-refractivity contribution is -0.879. The number of quaternary nitrogens is 1. The number of hydrogen-bond donors (Lipinski definition) is 5. The van der Waals surface area contributed by atoms with Gasteiger partial charge in [0, 0.05) is 114 Å². The van der Waals surface area contributed by atoms with Crippen LogP contribution in [0.5, 0.6) is 0 Å². The SMILES string of the molecule is CNC[N+]1([O-])CCC(NC2CCN(C(=O)CCCCCNC3=CC=CC4C3N(C)C(=O)N4C3CCC(=O)NC3=O)CC2)=C(C(=N)N2CCCC3(C)C=C(C4=CN(C)N(C)C4)C(C(F)F)C(C)C23)C1. The van der Waals surface area contributed by atoms with Gasteiger partial charge in [0.15, 0.2) is 0 Å². The Morgan fingerprint density at radius 1 is 1.07 bits per heavy atom. The second-order valence-electron chi connectivity index (χ2n) is 20.9. The first-order chi connectivity index (χ1) is 32.4. The number of carbonyl (C=O) groups excluding carboxylic acids is 4. The Kier molecular flexibility index (Phi) is 14.8. The molecule has 6 heterocycles. The first-order valence-electron chi connectivity index (χ1n) is 24.9. The van der Waals surface area contributed by atoms with E-state index in [1.807, 2.05) is 60.4 Å². The van der Waals surface area contributed by atoms with E-state index in [0.29, 0.717) is 64.1 Å². The Hall–Kier alpha value is -4.85. The van der Waals surface area contributed by atoms with Gasteiger partial charge < -0.3 is 45.1 Å². The summed E-state index contributed by atoms with van der Waals surface area (Å²) in [6.07, 6.45) is 14.3. The van der Waals surface area contributed by atoms with Gasteiger partial charge in [-0.25, -0.2) is 18.6 Å². The number of alkyl halides is 2. The summed E-state index contributed by atoms with van der Waals surface area (Å²) >= 11 is 0. The van der Waals surface area contributed by atoms with Gasteiger partial charge in [-0.1, -0.05) is 38.5 Å². The Balaban J connectivity index is 0.844. The molecule has 17 nitrogen and oxygen atoms in total. The molecule has 0 bridgehead atoms. The van der Waals surface area contributed by atoms with Crippen molar-refractivity contribution >= 4 is 29.6 Å². The smallest absolute Gasteiger partial charge is 0.321 e. The molecule has 5 amide bonds. The highest BCUT2D eigenvalue weighted by molar-refractivity contribution is 6.02. The van der Waals surface area contributed by atoms with Crippen LogP contribution in [0.1, 0.15) is 84.5 Å². The van der Waals surface area contributed by atoms with Crippen molar-refractivity contribution in [3.05, 3.63) is 63.8 Å². The summed E-state index contributed by atoms with van der Waals surface area (Å²) in [4.78, 5) is 58.4. The molecule has 6 aliphatic heterocycles. The number of hydrazine groups is 1. The topological polar surface area (TPSA) is 183 Å². The third-order valence-corrected chi connectivity index (χ3v) is 16.2. The minimum Gasteiger partial charge on any atom is -0.632 e. The van der Waals surface area contributed by atoms with E-state index in [1.54, 1.807) is 23.9 Å². The lowest BCUT2D eigenvalue weighted by atomic mass is 9.59. The van der Waals surface area contributed by atoms with Crippen LogP contribution in [0.4, 0.5) is 13.6 Å². The molecule has 8 aliphatic rings. The molecule has 4 fully saturated rings. The summed E-state index contributed by atoms with van der Waals surface area (Å²) in [5.41, 5.74) is 3.67. The zero-order valence-corrected chi connectivity index (χ0v) is 40.9. The number of unbranched alkanes of at least 4 members (excludes halogenated alkanes) is 2. The molecular formula is C49H74F2N12O5. The van der Waals surface area contributed by atoms with Gasteiger partial charge in [-0.2, -0.15) is 0 Å². The van der Waals surface area contributed by atoms with Crippen LogP contribution in [0.3, 0.4) is 0 Å². The van der Waals surface area contributed by atoms with Crippen LogP contribution < -0.4 is 21.3 Å². The average Bonchev–Trinajstić information content (AvgIpc) is 3.77. The summed E-state index contributed by atoms with van der Waals surface area (Å²) in [5, 5.41) is 40.6. The number of halogens is 2. The monoisotopic (exact) mass is 949 g/mol. The number of amidine groups is 1. The van der Waals surface area contributed by atoms with E-state index in [2.05, 4.69) is 39.2 Å². The Bertz CT molecular complexity index is 2140. The largest absolute Gasteiger partial charge is 0.632 e. The minimum absolute atomic E-state index is 0.0672. The first kappa shape index (κ1) is 49.6. The van der Waals surface area contributed by atoms with Crippen LogP contribution in [-0.2, 0) is 14.4 Å². The molecular weight excluding hydrogens is 875 g/mol. The lowest BCUT2D eigenvalue weighted by Crippen LogP contribution is -2.61. The fraction of sp³-hybridized carbons (Fsp3) is 0.694. The predicted molar refractivity (Wildman–Crippen MR) is 255 cm³/mol. The van der Waals surface area contributed by atoms with Crippen molar-refractivity contribution in [2.45, 2.75) is 121 Å². The van der Waals surface area contributed by atoms with E-state index in [1.165, 1.54) is 0 Å². The molecule has 8 unspecified atom stereocenters. The van der Waals surface area contributed by atoms with Gasteiger partial charge in [0.05, 0.1) is 24.2 Å². The molecule has 374 valence electrons. The van der Waals surface area contributed by atoms with E-state index in [9.17, 15) is 29.8 Å². The molecule has 0 radical (unpaired) electrons. The highest BCUT2D eigenvalue weighted by Crippen LogP contribution is 2.52. The third-order valence-electron chi connectivity index (χ3n) is 16.2. The number of nitrogens with zero attached hydrogens (tertiary/aromatic N) is 7. The number of nitrogens with one attached hydrogen (secondary N) is 5. The zero-order chi connectivity index (χ0) is 48.7. The number of imide groups is 1. The van der Waals surface area contributed by atoms with Crippen LogP contribution in [-0.4, -0.2) is 181 Å². The van der Waals surface area contributed by atoms with Crippen molar-refractivity contribution in [3.8, 4) is 0 Å². The molecule has 8 rings (SSSR count). The molecule has 0 spiro atoms. The van der Waals surface area contributed by atoms with Gasteiger partial charge in [0.2, 0.25) is 24.1 Å². The van der Waals surface area contributed by atoms with E-state index in [-0.39, 0.29) is 67.5 Å². The highest BCUT2D eigenvalue weighted by atomic mass is 19.3. The fourth-order valence-electron chi connectivity index (χ4n) is 12.7. The van der Waals surface area contributed by atoms with Crippen molar-refractivity contribution in [1.82, 2.24) is 50.9 Å². The molecule has 19 heteroatoms. The number of likely N-dealkylation sites (tertiary alicyclic amines) is 2. The molecule has 0 aromatic rings. The molecule has 0 aromatic carbocycles. The number of hydroxylamine groups is 3. The first-order valence-corrected chi connectivity index (χ1v) is 24.9. The van der Waals surface area contributed by atoms with Crippen molar-refractivity contribution in [3.63, 3.8) is 0 Å². The average molecular weight is 949 g/mol. The van der Waals surface area contributed by atoms with Crippen molar-refractivity contribution in [2.75, 3.05) is 80.7 Å². The number of carbonyl (C=O) groups is 4. The lowest BCUT2D eigenvalue weighted by Gasteiger charge is -2.56. The normalized spacial score (nSPS) is 32.6. The summed E-state index contributed by atoms with van der Waals surface area (Å²) in [6.45, 7) is 7.81. The standard InChI is InChI=1S/C49H74F2N12O5/c1-31-42(45(50)51)34(32-27-57(4)58(5)28-32)26-49(2)20-11-22-61(44(31)49)46(52)35-29-63(68,30-53-3)25-19-36(35)55-33-17-23-60(24-18-33)41(65)14-8-7-9-21-54-37-12-10-13-38-43(37)59(6)48(67)62(38)39-15-16-40(64)56-47(39)66/h10,12-13,26-27,31,33,38-39,42-45,52-55H,7-9,11,14-25,28-30H2,1-6H3,(H,56,64,66). The van der Waals surface area contributed by atoms with Crippen LogP contribution in [0, 0.1) is 27.9 Å². The van der Waals surface area contributed by atoms with E-state index >= 15 is 8.78 Å². The molecule has 0 aromatic heterocycles. The summed E-state index contributed by atoms with van der Waals surface area (Å²) in [6, 6.07) is -1.79. The van der Waals surface area contributed by atoms with Gasteiger partial charge in [-0.15, -0.1) is 0 Å². The van der Waals surface area contributed by atoms with Gasteiger partial charge >= 0.3 is 6.03 Å². The third kappa shape index (κ3) is 9.81. The second kappa shape index (κ2) is 20.2. The number of rotatable bonds is 15. The predicted octanol–water partition coefficient (Wildman–Crippen LogP) is 3.81. The Labute approximate surface area is 400 Å². The quantitative estimate of drug-likeness (QED) is 0.0402. The summed E-state index contributed by atoms with van der Waals surface area (Å²) in [7, 11) is 7.38. The number of fused-ring (bicyclic) bond motifs is 2. The highest BCUT2D eigenvalue weighted by Gasteiger charge is 2.54. The van der Waals surface area contributed by atoms with Crippen molar-refractivity contribution in [1.29, 1.82) is 5.41 Å². The van der Waals surface area contributed by atoms with Gasteiger partial charge in [-0.3, -0.25) is 30.4 Å². The number of likely N-dealkylation sites (N-methyl/N-ethyl adjacent to an activating group) is 2. The summed E-state index contributed by atoms with van der Waals surface area (Å²) in [5.74, 6) is -1.76. The number of amides is 5. The number of allylic oxidation sites excluding steroid dienone is 2. The second-order valence-corrected chi connectivity index (χ2v) is 20.9. The van der Waals surface area contributed by atoms with E-state index in [4.69, 9.17) is 0 Å². The molecule has 4 saturated heterocycles. The molecule has 0 saturated carbocycles. The number of hydrogen-bond acceptors (Lipinski definition) is 11. The van der Waals surface area contributed by atoms with Gasteiger partial charge in [-0.05, 0) is 75.1 Å². The van der Waals surface area contributed by atoms with Crippen molar-refractivity contribution in [2.24, 2.45) is 17.3 Å². The maximum absolute atomic E-state index is 15.2. The van der Waals surface area contributed by atoms with Gasteiger partial charge in [0.1, 0.15) is 25.1 Å².